The fourth-order valence-corrected chi connectivity index (χ4v) is 1.75. The molecule has 0 aliphatic rings. The highest BCUT2D eigenvalue weighted by atomic mass is 79.9. The molecule has 0 amide bonds. The van der Waals surface area contributed by atoms with E-state index in [1.165, 1.54) is 5.56 Å². The standard InChI is InChI=1S/C11H15BrClN/c1-9(6-7-13)14-8-10-2-4-11(12)5-3-10/h2-5,9,14H,6-8H2,1H3. The third-order valence-corrected chi connectivity index (χ3v) is 2.86. The summed E-state index contributed by atoms with van der Waals surface area (Å²) in [6, 6.07) is 8.83. The Labute approximate surface area is 99.0 Å². The van der Waals surface area contributed by atoms with E-state index in [2.05, 4.69) is 52.4 Å². The predicted molar refractivity (Wildman–Crippen MR) is 65.8 cm³/mol. The third-order valence-electron chi connectivity index (χ3n) is 2.11. The lowest BCUT2D eigenvalue weighted by atomic mass is 10.2. The summed E-state index contributed by atoms with van der Waals surface area (Å²) in [5.41, 5.74) is 1.30. The fourth-order valence-electron chi connectivity index (χ4n) is 1.16. The highest BCUT2D eigenvalue weighted by Gasteiger charge is 1.99. The van der Waals surface area contributed by atoms with Gasteiger partial charge in [0.25, 0.3) is 0 Å². The van der Waals surface area contributed by atoms with Gasteiger partial charge in [0.1, 0.15) is 0 Å². The second kappa shape index (κ2) is 6.44. The van der Waals surface area contributed by atoms with Gasteiger partial charge in [-0.1, -0.05) is 28.1 Å². The lowest BCUT2D eigenvalue weighted by molar-refractivity contribution is 0.536. The van der Waals surface area contributed by atoms with Crippen LogP contribution in [0.3, 0.4) is 0 Å². The predicted octanol–water partition coefficient (Wildman–Crippen LogP) is 3.56. The van der Waals surface area contributed by atoms with Crippen LogP contribution >= 0.6 is 27.5 Å². The average Bonchev–Trinajstić information content (AvgIpc) is 2.17. The maximum absolute atomic E-state index is 5.65. The van der Waals surface area contributed by atoms with Crippen molar-refractivity contribution in [3.63, 3.8) is 0 Å². The van der Waals surface area contributed by atoms with Crippen LogP contribution in [0.15, 0.2) is 28.7 Å². The Balaban J connectivity index is 2.34. The second-order valence-corrected chi connectivity index (χ2v) is 4.68. The largest absolute Gasteiger partial charge is 0.310 e. The van der Waals surface area contributed by atoms with Crippen LogP contribution in [-0.2, 0) is 6.54 Å². The van der Waals surface area contributed by atoms with Crippen molar-refractivity contribution in [1.82, 2.24) is 5.32 Å². The summed E-state index contributed by atoms with van der Waals surface area (Å²) < 4.78 is 1.12. The molecule has 0 aromatic heterocycles. The number of nitrogens with one attached hydrogen (secondary N) is 1. The molecule has 0 aliphatic carbocycles. The zero-order valence-electron chi connectivity index (χ0n) is 8.26. The van der Waals surface area contributed by atoms with Crippen LogP contribution in [-0.4, -0.2) is 11.9 Å². The monoisotopic (exact) mass is 275 g/mol. The van der Waals surface area contributed by atoms with E-state index in [0.717, 1.165) is 17.4 Å². The number of halogens is 2. The Morgan fingerprint density at radius 3 is 2.57 bits per heavy atom. The van der Waals surface area contributed by atoms with Crippen LogP contribution in [0, 0.1) is 0 Å². The van der Waals surface area contributed by atoms with Crippen molar-refractivity contribution in [2.75, 3.05) is 5.88 Å². The summed E-state index contributed by atoms with van der Waals surface area (Å²) in [7, 11) is 0. The van der Waals surface area contributed by atoms with Crippen LogP contribution in [0.5, 0.6) is 0 Å². The van der Waals surface area contributed by atoms with Gasteiger partial charge in [-0.05, 0) is 31.0 Å². The molecule has 0 spiro atoms. The summed E-state index contributed by atoms with van der Waals surface area (Å²) >= 11 is 9.07. The van der Waals surface area contributed by atoms with Gasteiger partial charge in [-0.3, -0.25) is 0 Å². The van der Waals surface area contributed by atoms with Gasteiger partial charge in [0.2, 0.25) is 0 Å². The van der Waals surface area contributed by atoms with E-state index in [4.69, 9.17) is 11.6 Å². The highest BCUT2D eigenvalue weighted by molar-refractivity contribution is 9.10. The molecule has 0 heterocycles. The van der Waals surface area contributed by atoms with Crippen molar-refractivity contribution in [3.8, 4) is 0 Å². The molecule has 1 N–H and O–H groups in total. The lowest BCUT2D eigenvalue weighted by Crippen LogP contribution is -2.25. The first kappa shape index (κ1) is 12.0. The van der Waals surface area contributed by atoms with Gasteiger partial charge in [-0.2, -0.15) is 0 Å². The van der Waals surface area contributed by atoms with Gasteiger partial charge in [0, 0.05) is 22.9 Å². The van der Waals surface area contributed by atoms with Gasteiger partial charge >= 0.3 is 0 Å². The van der Waals surface area contributed by atoms with Crippen molar-refractivity contribution >= 4 is 27.5 Å². The van der Waals surface area contributed by atoms with Crippen molar-refractivity contribution in [1.29, 1.82) is 0 Å². The zero-order chi connectivity index (χ0) is 10.4. The Kier molecular flexibility index (Phi) is 5.53. The summed E-state index contributed by atoms with van der Waals surface area (Å²) in [4.78, 5) is 0. The molecule has 1 aromatic rings. The van der Waals surface area contributed by atoms with E-state index < -0.39 is 0 Å². The third kappa shape index (κ3) is 4.45. The second-order valence-electron chi connectivity index (χ2n) is 3.39. The number of alkyl halides is 1. The number of hydrogen-bond donors (Lipinski definition) is 1. The van der Waals surface area contributed by atoms with Gasteiger partial charge in [-0.15, -0.1) is 11.6 Å². The van der Waals surface area contributed by atoms with Crippen LogP contribution in [0.4, 0.5) is 0 Å². The van der Waals surface area contributed by atoms with E-state index in [1.807, 2.05) is 0 Å². The van der Waals surface area contributed by atoms with Gasteiger partial charge in [0.05, 0.1) is 0 Å². The Bertz CT molecular complexity index is 260. The molecule has 78 valence electrons. The molecule has 0 fully saturated rings. The molecule has 3 heteroatoms. The molecule has 0 bridgehead atoms. The van der Waals surface area contributed by atoms with Crippen LogP contribution in [0.25, 0.3) is 0 Å². The molecule has 1 atom stereocenters. The maximum atomic E-state index is 5.65. The molecule has 1 rings (SSSR count). The number of benzene rings is 1. The summed E-state index contributed by atoms with van der Waals surface area (Å²) in [6.45, 7) is 3.06. The first-order chi connectivity index (χ1) is 6.72. The SMILES string of the molecule is CC(CCCl)NCc1ccc(Br)cc1. The van der Waals surface area contributed by atoms with E-state index in [9.17, 15) is 0 Å². The van der Waals surface area contributed by atoms with Gasteiger partial charge in [-0.25, -0.2) is 0 Å². The normalized spacial score (nSPS) is 12.8. The molecular formula is C11H15BrClN. The van der Waals surface area contributed by atoms with Gasteiger partial charge < -0.3 is 5.32 Å². The molecule has 0 radical (unpaired) electrons. The summed E-state index contributed by atoms with van der Waals surface area (Å²) in [5, 5.41) is 3.42. The van der Waals surface area contributed by atoms with Crippen LogP contribution in [0.1, 0.15) is 18.9 Å². The molecule has 1 nitrogen and oxygen atoms in total. The van der Waals surface area contributed by atoms with Crippen LogP contribution < -0.4 is 5.32 Å². The Morgan fingerprint density at radius 1 is 1.36 bits per heavy atom. The average molecular weight is 277 g/mol. The molecule has 14 heavy (non-hydrogen) atoms. The minimum Gasteiger partial charge on any atom is -0.310 e. The van der Waals surface area contributed by atoms with Crippen molar-refractivity contribution in [3.05, 3.63) is 34.3 Å². The Hall–Kier alpha value is -0.0500. The van der Waals surface area contributed by atoms with Crippen LogP contribution in [0.2, 0.25) is 0 Å². The summed E-state index contributed by atoms with van der Waals surface area (Å²) in [6.07, 6.45) is 1.01. The maximum Gasteiger partial charge on any atom is 0.0238 e. The highest BCUT2D eigenvalue weighted by Crippen LogP contribution is 2.10. The van der Waals surface area contributed by atoms with E-state index >= 15 is 0 Å². The molecule has 0 aliphatic heterocycles. The Morgan fingerprint density at radius 2 is 2.00 bits per heavy atom. The smallest absolute Gasteiger partial charge is 0.0238 e. The molecular weight excluding hydrogens is 261 g/mol. The minimum atomic E-state index is 0.483. The van der Waals surface area contributed by atoms with Gasteiger partial charge in [0.15, 0.2) is 0 Å². The number of hydrogen-bond acceptors (Lipinski definition) is 1. The fraction of sp³-hybridized carbons (Fsp3) is 0.455. The summed E-state index contributed by atoms with van der Waals surface area (Å²) in [5.74, 6) is 0.717. The first-order valence-corrected chi connectivity index (χ1v) is 6.09. The molecule has 0 saturated heterocycles. The molecule has 1 aromatic carbocycles. The van der Waals surface area contributed by atoms with Crippen molar-refractivity contribution in [2.24, 2.45) is 0 Å². The first-order valence-electron chi connectivity index (χ1n) is 4.76. The minimum absolute atomic E-state index is 0.483. The molecule has 0 saturated carbocycles. The topological polar surface area (TPSA) is 12.0 Å². The molecule has 1 unspecified atom stereocenters. The van der Waals surface area contributed by atoms with E-state index in [-0.39, 0.29) is 0 Å². The van der Waals surface area contributed by atoms with Crippen molar-refractivity contribution in [2.45, 2.75) is 25.9 Å². The van der Waals surface area contributed by atoms with E-state index in [0.29, 0.717) is 11.9 Å². The van der Waals surface area contributed by atoms with E-state index in [1.54, 1.807) is 0 Å². The van der Waals surface area contributed by atoms with Crippen molar-refractivity contribution < 1.29 is 0 Å². The number of rotatable bonds is 5. The lowest BCUT2D eigenvalue weighted by Gasteiger charge is -2.11. The zero-order valence-corrected chi connectivity index (χ0v) is 10.6. The quantitative estimate of drug-likeness (QED) is 0.811.